The third kappa shape index (κ3) is 2.37. The van der Waals surface area contributed by atoms with Crippen molar-refractivity contribution in [2.45, 2.75) is 130 Å². The molecule has 0 N–H and O–H groups in total. The van der Waals surface area contributed by atoms with Crippen LogP contribution in [0.4, 0.5) is 0 Å². The summed E-state index contributed by atoms with van der Waals surface area (Å²) in [7, 11) is 0. The molecule has 5 aliphatic carbocycles. The number of carbonyl (C=O) groups excluding carboxylic acids is 1. The molecule has 0 radical (unpaired) electrons. The maximum atomic E-state index is 12.9. The lowest BCUT2D eigenvalue weighted by Crippen LogP contribution is -2.57. The van der Waals surface area contributed by atoms with Crippen molar-refractivity contribution in [1.82, 2.24) is 0 Å². The first-order chi connectivity index (χ1) is 15.7. The smallest absolute Gasteiger partial charge is 0.205 e. The minimum Gasteiger partial charge on any atom is -0.344 e. The highest BCUT2D eigenvalue weighted by Crippen LogP contribution is 2.89. The first-order valence-corrected chi connectivity index (χ1v) is 14.3. The Kier molecular flexibility index (Phi) is 4.11. The van der Waals surface area contributed by atoms with E-state index in [1.807, 2.05) is 0 Å². The molecule has 4 nitrogen and oxygen atoms in total. The van der Waals surface area contributed by atoms with Gasteiger partial charge in [-0.05, 0) is 104 Å². The minimum absolute atomic E-state index is 0.130. The molecule has 0 bridgehead atoms. The summed E-state index contributed by atoms with van der Waals surface area (Å²) in [6, 6.07) is 0. The van der Waals surface area contributed by atoms with E-state index in [9.17, 15) is 4.79 Å². The van der Waals surface area contributed by atoms with Crippen molar-refractivity contribution in [3.8, 4) is 0 Å². The van der Waals surface area contributed by atoms with E-state index in [0.717, 1.165) is 31.6 Å². The van der Waals surface area contributed by atoms with Crippen LogP contribution < -0.4 is 0 Å². The van der Waals surface area contributed by atoms with E-state index in [1.54, 1.807) is 0 Å². The molecule has 0 aromatic carbocycles. The molecular formula is C30H46O4. The standard InChI is InChI=1S/C30H46O4/c1-18-14-30(16-24(2,3)33-34-30)32-19-15-27(7)21-9-8-20-25(4,5)22(31)10-11-28(20)17-29(21,28)13-12-26(27,6)23(18)19/h18-21,23H,8-17H2,1-7H3. The molecule has 7 fully saturated rings. The highest BCUT2D eigenvalue weighted by atomic mass is 17.2. The zero-order chi connectivity index (χ0) is 24.2. The van der Waals surface area contributed by atoms with Crippen LogP contribution in [0.25, 0.3) is 0 Å². The molecule has 34 heavy (non-hydrogen) atoms. The Morgan fingerprint density at radius 2 is 1.50 bits per heavy atom. The number of carbonyl (C=O) groups is 1. The van der Waals surface area contributed by atoms with Gasteiger partial charge in [-0.25, -0.2) is 9.78 Å². The summed E-state index contributed by atoms with van der Waals surface area (Å²) < 4.78 is 6.97. The van der Waals surface area contributed by atoms with Crippen molar-refractivity contribution in [3.63, 3.8) is 0 Å². The van der Waals surface area contributed by atoms with Crippen molar-refractivity contribution in [1.29, 1.82) is 0 Å². The van der Waals surface area contributed by atoms with E-state index >= 15 is 0 Å². The molecule has 2 heterocycles. The predicted molar refractivity (Wildman–Crippen MR) is 130 cm³/mol. The third-order valence-electron chi connectivity index (χ3n) is 13.6. The molecule has 0 aromatic heterocycles. The Labute approximate surface area is 206 Å². The van der Waals surface area contributed by atoms with Crippen LogP contribution in [0.5, 0.6) is 0 Å². The zero-order valence-corrected chi connectivity index (χ0v) is 22.6. The van der Waals surface area contributed by atoms with E-state index in [-0.39, 0.29) is 17.1 Å². The van der Waals surface area contributed by atoms with Crippen LogP contribution in [0.15, 0.2) is 0 Å². The zero-order valence-electron chi connectivity index (χ0n) is 22.6. The van der Waals surface area contributed by atoms with Crippen molar-refractivity contribution < 1.29 is 19.3 Å². The molecule has 190 valence electrons. The molecular weight excluding hydrogens is 424 g/mol. The average Bonchev–Trinajstić information content (AvgIpc) is 3.22. The van der Waals surface area contributed by atoms with E-state index < -0.39 is 5.79 Å². The molecule has 7 rings (SSSR count). The van der Waals surface area contributed by atoms with Crippen molar-refractivity contribution in [3.05, 3.63) is 0 Å². The van der Waals surface area contributed by atoms with E-state index in [0.29, 0.717) is 45.2 Å². The van der Waals surface area contributed by atoms with Crippen LogP contribution in [0.1, 0.15) is 113 Å². The Bertz CT molecular complexity index is 955. The molecule has 2 saturated heterocycles. The minimum atomic E-state index is -0.561. The molecule has 3 spiro atoms. The van der Waals surface area contributed by atoms with Crippen LogP contribution in [0.2, 0.25) is 0 Å². The second-order valence-corrected chi connectivity index (χ2v) is 15.7. The molecule has 0 amide bonds. The topological polar surface area (TPSA) is 44.8 Å². The fourth-order valence-corrected chi connectivity index (χ4v) is 12.4. The Balaban J connectivity index is 1.24. The summed E-state index contributed by atoms with van der Waals surface area (Å²) in [5.74, 6) is 2.51. The second kappa shape index (κ2) is 6.16. The number of fused-ring (bicyclic) bond motifs is 4. The summed E-state index contributed by atoms with van der Waals surface area (Å²) in [5, 5.41) is 0. The van der Waals surface area contributed by atoms with Crippen LogP contribution in [-0.2, 0) is 19.3 Å². The van der Waals surface area contributed by atoms with Gasteiger partial charge in [-0.3, -0.25) is 4.79 Å². The lowest BCUT2D eigenvalue weighted by Gasteiger charge is -2.62. The Hall–Kier alpha value is -0.450. The molecule has 4 heteroatoms. The van der Waals surface area contributed by atoms with E-state index in [1.165, 1.54) is 38.5 Å². The van der Waals surface area contributed by atoms with Crippen molar-refractivity contribution in [2.75, 3.05) is 0 Å². The van der Waals surface area contributed by atoms with Gasteiger partial charge < -0.3 is 4.74 Å². The lowest BCUT2D eigenvalue weighted by atomic mass is 9.42. The molecule has 5 saturated carbocycles. The number of hydrogen-bond acceptors (Lipinski definition) is 4. The van der Waals surface area contributed by atoms with Crippen LogP contribution in [-0.4, -0.2) is 23.3 Å². The fraction of sp³-hybridized carbons (Fsp3) is 0.967. The molecule has 7 aliphatic rings. The van der Waals surface area contributed by atoms with Crippen LogP contribution in [0, 0.1) is 50.7 Å². The maximum absolute atomic E-state index is 12.9. The summed E-state index contributed by atoms with van der Waals surface area (Å²) in [6.45, 7) is 16.5. The summed E-state index contributed by atoms with van der Waals surface area (Å²) in [6.07, 6.45) is 11.8. The second-order valence-electron chi connectivity index (χ2n) is 15.7. The van der Waals surface area contributed by atoms with Crippen molar-refractivity contribution in [2.24, 2.45) is 50.7 Å². The van der Waals surface area contributed by atoms with Gasteiger partial charge in [0.25, 0.3) is 0 Å². The van der Waals surface area contributed by atoms with Gasteiger partial charge in [0, 0.05) is 24.7 Å². The number of ketones is 1. The normalized spacial score (nSPS) is 60.7. The van der Waals surface area contributed by atoms with Crippen LogP contribution >= 0.6 is 0 Å². The highest BCUT2D eigenvalue weighted by molar-refractivity contribution is 5.86. The molecule has 2 aliphatic heterocycles. The fourth-order valence-electron chi connectivity index (χ4n) is 12.4. The first kappa shape index (κ1) is 22.7. The van der Waals surface area contributed by atoms with Gasteiger partial charge in [0.05, 0.1) is 6.10 Å². The van der Waals surface area contributed by atoms with Gasteiger partial charge in [-0.15, -0.1) is 0 Å². The summed E-state index contributed by atoms with van der Waals surface area (Å²) >= 11 is 0. The Morgan fingerprint density at radius 1 is 0.794 bits per heavy atom. The predicted octanol–water partition coefficient (Wildman–Crippen LogP) is 6.86. The van der Waals surface area contributed by atoms with Crippen LogP contribution in [0.3, 0.4) is 0 Å². The number of Topliss-reactive ketones (excluding diaryl/α,β-unsaturated/α-hetero) is 1. The average molecular weight is 471 g/mol. The Morgan fingerprint density at radius 3 is 2.21 bits per heavy atom. The number of rotatable bonds is 0. The lowest BCUT2D eigenvalue weighted by molar-refractivity contribution is -0.421. The molecule has 10 unspecified atom stereocenters. The quantitative estimate of drug-likeness (QED) is 0.363. The first-order valence-electron chi connectivity index (χ1n) is 14.3. The summed E-state index contributed by atoms with van der Waals surface area (Å²) in [4.78, 5) is 24.6. The summed E-state index contributed by atoms with van der Waals surface area (Å²) in [5.41, 5.74) is 1.13. The third-order valence-corrected chi connectivity index (χ3v) is 13.6. The highest BCUT2D eigenvalue weighted by Gasteiger charge is 2.83. The van der Waals surface area contributed by atoms with Gasteiger partial charge in [0.2, 0.25) is 5.79 Å². The largest absolute Gasteiger partial charge is 0.344 e. The maximum Gasteiger partial charge on any atom is 0.205 e. The van der Waals surface area contributed by atoms with Gasteiger partial charge in [0.1, 0.15) is 11.4 Å². The van der Waals surface area contributed by atoms with Gasteiger partial charge >= 0.3 is 0 Å². The molecule has 0 aromatic rings. The van der Waals surface area contributed by atoms with Gasteiger partial charge in [-0.1, -0.05) is 34.6 Å². The van der Waals surface area contributed by atoms with E-state index in [4.69, 9.17) is 14.5 Å². The number of hydrogen-bond donors (Lipinski definition) is 0. The number of ether oxygens (including phenoxy) is 1. The van der Waals surface area contributed by atoms with Gasteiger partial charge in [-0.2, -0.15) is 0 Å². The molecule has 10 atom stereocenters. The van der Waals surface area contributed by atoms with Gasteiger partial charge in [0.15, 0.2) is 0 Å². The van der Waals surface area contributed by atoms with Crippen molar-refractivity contribution >= 4 is 5.78 Å². The SMILES string of the molecule is CC1CC2(CC(C)(C)OO2)OC2CC3(C)C4CCC5C(C)(C)C(=O)CCC56CC46CCC3(C)C12. The monoisotopic (exact) mass is 470 g/mol. The van der Waals surface area contributed by atoms with E-state index in [2.05, 4.69) is 48.5 Å².